The van der Waals surface area contributed by atoms with Crippen LogP contribution in [0.25, 0.3) is 0 Å². The summed E-state index contributed by atoms with van der Waals surface area (Å²) in [6.45, 7) is 5.46. The number of rotatable bonds is 2. The van der Waals surface area contributed by atoms with Gasteiger partial charge in [0.25, 0.3) is 0 Å². The van der Waals surface area contributed by atoms with Crippen LogP contribution in [0, 0.1) is 0 Å². The molecule has 2 saturated heterocycles. The van der Waals surface area contributed by atoms with Gasteiger partial charge in [-0.3, -0.25) is 0 Å². The molecule has 2 rings (SSSR count). The molecule has 2 nitrogen and oxygen atoms in total. The highest BCUT2D eigenvalue weighted by molar-refractivity contribution is 7.99. The molecular formula is C11H21NOS. The van der Waals surface area contributed by atoms with Crippen LogP contribution in [0.2, 0.25) is 0 Å². The average molecular weight is 215 g/mol. The summed E-state index contributed by atoms with van der Waals surface area (Å²) >= 11 is 2.11. The summed E-state index contributed by atoms with van der Waals surface area (Å²) in [4.78, 5) is 0. The summed E-state index contributed by atoms with van der Waals surface area (Å²) in [5, 5.41) is 4.61. The van der Waals surface area contributed by atoms with Gasteiger partial charge in [-0.15, -0.1) is 0 Å². The van der Waals surface area contributed by atoms with Crippen LogP contribution in [0.3, 0.4) is 0 Å². The van der Waals surface area contributed by atoms with Crippen molar-refractivity contribution in [3.8, 4) is 0 Å². The summed E-state index contributed by atoms with van der Waals surface area (Å²) in [5.74, 6) is 1.28. The quantitative estimate of drug-likeness (QED) is 0.761. The first-order chi connectivity index (χ1) is 6.75. The lowest BCUT2D eigenvalue weighted by atomic mass is 10.1. The van der Waals surface area contributed by atoms with E-state index in [-0.39, 0.29) is 0 Å². The van der Waals surface area contributed by atoms with E-state index in [0.717, 1.165) is 17.9 Å². The molecule has 0 aromatic carbocycles. The van der Waals surface area contributed by atoms with E-state index in [0.29, 0.717) is 12.1 Å². The van der Waals surface area contributed by atoms with Crippen molar-refractivity contribution in [1.29, 1.82) is 0 Å². The number of thioether (sulfide) groups is 1. The standard InChI is InChI=1S/C11H21NOS/c1-8-3-4-10(7-14-8)12-11-5-6-13-9(11)2/h8-12H,3-7H2,1-2H3. The molecule has 0 aromatic rings. The van der Waals surface area contributed by atoms with Gasteiger partial charge in [0.05, 0.1) is 6.10 Å². The van der Waals surface area contributed by atoms with Crippen molar-refractivity contribution in [2.75, 3.05) is 12.4 Å². The maximum Gasteiger partial charge on any atom is 0.0700 e. The molecule has 82 valence electrons. The van der Waals surface area contributed by atoms with Gasteiger partial charge in [0.15, 0.2) is 0 Å². The lowest BCUT2D eigenvalue weighted by Crippen LogP contribution is -2.45. The minimum Gasteiger partial charge on any atom is -0.377 e. The molecule has 2 fully saturated rings. The molecule has 0 saturated carbocycles. The number of nitrogens with one attached hydrogen (secondary N) is 1. The highest BCUT2D eigenvalue weighted by atomic mass is 32.2. The molecule has 0 radical (unpaired) electrons. The highest BCUT2D eigenvalue weighted by Gasteiger charge is 2.28. The van der Waals surface area contributed by atoms with Crippen molar-refractivity contribution in [3.63, 3.8) is 0 Å². The van der Waals surface area contributed by atoms with E-state index in [1.165, 1.54) is 25.0 Å². The fourth-order valence-electron chi connectivity index (χ4n) is 2.27. The van der Waals surface area contributed by atoms with Gasteiger partial charge in [0.2, 0.25) is 0 Å². The zero-order chi connectivity index (χ0) is 9.97. The molecular weight excluding hydrogens is 194 g/mol. The first kappa shape index (κ1) is 10.8. The van der Waals surface area contributed by atoms with Crippen molar-refractivity contribution < 1.29 is 4.74 Å². The Balaban J connectivity index is 1.74. The Morgan fingerprint density at radius 1 is 1.21 bits per heavy atom. The molecule has 3 heteroatoms. The molecule has 0 bridgehead atoms. The Kier molecular flexibility index (Phi) is 3.74. The molecule has 4 atom stereocenters. The lowest BCUT2D eigenvalue weighted by Gasteiger charge is -2.30. The van der Waals surface area contributed by atoms with Crippen LogP contribution in [0.4, 0.5) is 0 Å². The second kappa shape index (κ2) is 4.86. The van der Waals surface area contributed by atoms with Crippen molar-refractivity contribution >= 4 is 11.8 Å². The van der Waals surface area contributed by atoms with Crippen LogP contribution in [0.1, 0.15) is 33.1 Å². The average Bonchev–Trinajstić information content (AvgIpc) is 2.56. The SMILES string of the molecule is CC1CCC(NC2CCOC2C)CS1. The largest absolute Gasteiger partial charge is 0.377 e. The van der Waals surface area contributed by atoms with E-state index in [1.807, 2.05) is 0 Å². The summed E-state index contributed by atoms with van der Waals surface area (Å²) in [5.41, 5.74) is 0. The summed E-state index contributed by atoms with van der Waals surface area (Å²) in [6.07, 6.45) is 4.32. The van der Waals surface area contributed by atoms with E-state index in [1.54, 1.807) is 0 Å². The van der Waals surface area contributed by atoms with Gasteiger partial charge in [-0.05, 0) is 26.2 Å². The zero-order valence-electron chi connectivity index (χ0n) is 9.16. The fraction of sp³-hybridized carbons (Fsp3) is 1.00. The second-order valence-electron chi connectivity index (χ2n) is 4.56. The predicted molar refractivity (Wildman–Crippen MR) is 61.9 cm³/mol. The van der Waals surface area contributed by atoms with E-state index >= 15 is 0 Å². The highest BCUT2D eigenvalue weighted by Crippen LogP contribution is 2.26. The first-order valence-electron chi connectivity index (χ1n) is 5.75. The van der Waals surface area contributed by atoms with Gasteiger partial charge in [-0.25, -0.2) is 0 Å². The Morgan fingerprint density at radius 2 is 2.07 bits per heavy atom. The van der Waals surface area contributed by atoms with E-state index < -0.39 is 0 Å². The van der Waals surface area contributed by atoms with E-state index in [9.17, 15) is 0 Å². The summed E-state index contributed by atoms with van der Waals surface area (Å²) < 4.78 is 5.56. The lowest BCUT2D eigenvalue weighted by molar-refractivity contribution is 0.111. The van der Waals surface area contributed by atoms with Gasteiger partial charge >= 0.3 is 0 Å². The minimum atomic E-state index is 0.416. The molecule has 2 heterocycles. The van der Waals surface area contributed by atoms with Gasteiger partial charge in [0.1, 0.15) is 0 Å². The van der Waals surface area contributed by atoms with Gasteiger partial charge < -0.3 is 10.1 Å². The Bertz CT molecular complexity index is 180. The van der Waals surface area contributed by atoms with Gasteiger partial charge in [-0.1, -0.05) is 6.92 Å². The van der Waals surface area contributed by atoms with Crippen molar-refractivity contribution in [2.45, 2.75) is 56.5 Å². The predicted octanol–water partition coefficient (Wildman–Crippen LogP) is 2.04. The minimum absolute atomic E-state index is 0.416. The van der Waals surface area contributed by atoms with Crippen molar-refractivity contribution in [2.24, 2.45) is 0 Å². The Labute approximate surface area is 91.2 Å². The van der Waals surface area contributed by atoms with Crippen molar-refractivity contribution in [3.05, 3.63) is 0 Å². The third-order valence-electron chi connectivity index (χ3n) is 3.33. The topological polar surface area (TPSA) is 21.3 Å². The normalized spacial score (nSPS) is 44.1. The maximum absolute atomic E-state index is 5.56. The molecule has 0 spiro atoms. The summed E-state index contributed by atoms with van der Waals surface area (Å²) in [6, 6.07) is 1.33. The van der Waals surface area contributed by atoms with Crippen molar-refractivity contribution in [1.82, 2.24) is 5.32 Å². The van der Waals surface area contributed by atoms with E-state index in [4.69, 9.17) is 4.74 Å². The Hall–Kier alpha value is 0.270. The van der Waals surface area contributed by atoms with Crippen LogP contribution in [-0.4, -0.2) is 35.8 Å². The molecule has 4 unspecified atom stereocenters. The third-order valence-corrected chi connectivity index (χ3v) is 4.73. The van der Waals surface area contributed by atoms with Crippen LogP contribution in [-0.2, 0) is 4.74 Å². The number of hydrogen-bond acceptors (Lipinski definition) is 3. The molecule has 2 aliphatic heterocycles. The van der Waals surface area contributed by atoms with Crippen LogP contribution < -0.4 is 5.32 Å². The maximum atomic E-state index is 5.56. The van der Waals surface area contributed by atoms with Gasteiger partial charge in [0, 0.05) is 29.7 Å². The Morgan fingerprint density at radius 3 is 2.64 bits per heavy atom. The van der Waals surface area contributed by atoms with E-state index in [2.05, 4.69) is 30.9 Å². The third kappa shape index (κ3) is 2.65. The molecule has 14 heavy (non-hydrogen) atoms. The van der Waals surface area contributed by atoms with Crippen LogP contribution >= 0.6 is 11.8 Å². The smallest absolute Gasteiger partial charge is 0.0700 e. The first-order valence-corrected chi connectivity index (χ1v) is 6.80. The monoisotopic (exact) mass is 215 g/mol. The fourth-order valence-corrected chi connectivity index (χ4v) is 3.39. The molecule has 2 aliphatic rings. The number of ether oxygens (including phenoxy) is 1. The second-order valence-corrected chi connectivity index (χ2v) is 6.03. The van der Waals surface area contributed by atoms with Crippen LogP contribution in [0.15, 0.2) is 0 Å². The number of hydrogen-bond donors (Lipinski definition) is 1. The molecule has 0 aromatic heterocycles. The molecule has 1 N–H and O–H groups in total. The summed E-state index contributed by atoms with van der Waals surface area (Å²) in [7, 11) is 0. The van der Waals surface area contributed by atoms with Crippen LogP contribution in [0.5, 0.6) is 0 Å². The zero-order valence-corrected chi connectivity index (χ0v) is 9.98. The molecule has 0 aliphatic carbocycles. The van der Waals surface area contributed by atoms with Gasteiger partial charge in [-0.2, -0.15) is 11.8 Å². The molecule has 0 amide bonds.